The third-order valence-electron chi connectivity index (χ3n) is 4.39. The molecule has 1 heterocycles. The van der Waals surface area contributed by atoms with Gasteiger partial charge in [-0.2, -0.15) is 5.26 Å². The SMILES string of the molecule is COc1ccc(NC(=O)CSc2nc3c(cc2C#N)CCCC3)cc1OC. The molecule has 0 atom stereocenters. The number of benzene rings is 1. The third-order valence-corrected chi connectivity index (χ3v) is 5.38. The minimum atomic E-state index is -0.171. The van der Waals surface area contributed by atoms with Gasteiger partial charge < -0.3 is 14.8 Å². The molecule has 0 saturated carbocycles. The second-order valence-electron chi connectivity index (χ2n) is 6.17. The molecule has 1 N–H and O–H groups in total. The molecule has 0 saturated heterocycles. The van der Waals surface area contributed by atoms with Crippen LogP contribution < -0.4 is 14.8 Å². The van der Waals surface area contributed by atoms with Crippen molar-refractivity contribution >= 4 is 23.4 Å². The lowest BCUT2D eigenvalue weighted by Gasteiger charge is -2.16. The second kappa shape index (κ2) is 8.78. The van der Waals surface area contributed by atoms with E-state index in [0.29, 0.717) is 27.8 Å². The molecule has 27 heavy (non-hydrogen) atoms. The molecule has 0 bridgehead atoms. The maximum Gasteiger partial charge on any atom is 0.234 e. The van der Waals surface area contributed by atoms with Gasteiger partial charge in [-0.15, -0.1) is 0 Å². The topological polar surface area (TPSA) is 84.2 Å². The quantitative estimate of drug-likeness (QED) is 0.768. The first-order chi connectivity index (χ1) is 13.1. The Morgan fingerprint density at radius 3 is 2.74 bits per heavy atom. The summed E-state index contributed by atoms with van der Waals surface area (Å²) in [6.07, 6.45) is 4.17. The summed E-state index contributed by atoms with van der Waals surface area (Å²) in [5, 5.41) is 12.9. The van der Waals surface area contributed by atoms with E-state index in [2.05, 4.69) is 16.4 Å². The van der Waals surface area contributed by atoms with Crippen LogP contribution in [0.3, 0.4) is 0 Å². The van der Waals surface area contributed by atoms with Crippen LogP contribution in [0.15, 0.2) is 29.3 Å². The Morgan fingerprint density at radius 2 is 2.00 bits per heavy atom. The number of carbonyl (C=O) groups excluding carboxylic acids is 1. The van der Waals surface area contributed by atoms with E-state index in [1.807, 2.05) is 6.07 Å². The highest BCUT2D eigenvalue weighted by atomic mass is 32.2. The van der Waals surface area contributed by atoms with Crippen molar-refractivity contribution in [1.82, 2.24) is 4.98 Å². The second-order valence-corrected chi connectivity index (χ2v) is 7.14. The summed E-state index contributed by atoms with van der Waals surface area (Å²) in [5.41, 5.74) is 3.39. The number of hydrogen-bond acceptors (Lipinski definition) is 6. The summed E-state index contributed by atoms with van der Waals surface area (Å²) < 4.78 is 10.4. The monoisotopic (exact) mass is 383 g/mol. The van der Waals surface area contributed by atoms with Crippen LogP contribution in [0.25, 0.3) is 0 Å². The maximum atomic E-state index is 12.3. The zero-order valence-corrected chi connectivity index (χ0v) is 16.2. The van der Waals surface area contributed by atoms with E-state index in [4.69, 9.17) is 9.47 Å². The average Bonchev–Trinajstić information content (AvgIpc) is 2.71. The van der Waals surface area contributed by atoms with E-state index >= 15 is 0 Å². The Morgan fingerprint density at radius 1 is 1.22 bits per heavy atom. The van der Waals surface area contributed by atoms with Gasteiger partial charge in [0.1, 0.15) is 11.1 Å². The Bertz CT molecular complexity index is 893. The Labute approximate surface area is 162 Å². The van der Waals surface area contributed by atoms with Crippen molar-refractivity contribution in [3.63, 3.8) is 0 Å². The van der Waals surface area contributed by atoms with Gasteiger partial charge in [0.25, 0.3) is 0 Å². The van der Waals surface area contributed by atoms with Crippen LogP contribution in [0.2, 0.25) is 0 Å². The Balaban J connectivity index is 1.67. The van der Waals surface area contributed by atoms with Gasteiger partial charge in [0.05, 0.1) is 25.5 Å². The first-order valence-electron chi connectivity index (χ1n) is 8.72. The van der Waals surface area contributed by atoms with Crippen LogP contribution in [0.4, 0.5) is 5.69 Å². The number of pyridine rings is 1. The summed E-state index contributed by atoms with van der Waals surface area (Å²) in [6, 6.07) is 9.32. The number of fused-ring (bicyclic) bond motifs is 1. The lowest BCUT2D eigenvalue weighted by atomic mass is 9.95. The predicted molar refractivity (Wildman–Crippen MR) is 104 cm³/mol. The number of hydrogen-bond donors (Lipinski definition) is 1. The largest absolute Gasteiger partial charge is 0.493 e. The van der Waals surface area contributed by atoms with Gasteiger partial charge in [0.2, 0.25) is 5.91 Å². The molecule has 1 aliphatic rings. The lowest BCUT2D eigenvalue weighted by molar-refractivity contribution is -0.113. The number of aryl methyl sites for hydroxylation is 2. The number of methoxy groups -OCH3 is 2. The molecule has 1 aliphatic carbocycles. The molecule has 2 aromatic rings. The predicted octanol–water partition coefficient (Wildman–Crippen LogP) is 3.58. The molecule has 1 amide bonds. The molecular weight excluding hydrogens is 362 g/mol. The number of ether oxygens (including phenoxy) is 2. The van der Waals surface area contributed by atoms with Crippen molar-refractivity contribution in [2.24, 2.45) is 0 Å². The van der Waals surface area contributed by atoms with Gasteiger partial charge in [-0.05, 0) is 49.4 Å². The standard InChI is InChI=1S/C20H21N3O3S/c1-25-17-8-7-15(10-18(17)26-2)22-19(24)12-27-20-14(11-21)9-13-5-3-4-6-16(13)23-20/h7-10H,3-6,12H2,1-2H3,(H,22,24). The summed E-state index contributed by atoms with van der Waals surface area (Å²) in [7, 11) is 3.11. The van der Waals surface area contributed by atoms with Crippen molar-refractivity contribution < 1.29 is 14.3 Å². The van der Waals surface area contributed by atoms with Gasteiger partial charge in [-0.3, -0.25) is 4.79 Å². The van der Waals surface area contributed by atoms with Crippen LogP contribution in [-0.4, -0.2) is 30.9 Å². The summed E-state index contributed by atoms with van der Waals surface area (Å²) in [6.45, 7) is 0. The molecule has 0 fully saturated rings. The number of aromatic nitrogens is 1. The molecule has 0 unspecified atom stereocenters. The van der Waals surface area contributed by atoms with Crippen molar-refractivity contribution in [2.75, 3.05) is 25.3 Å². The van der Waals surface area contributed by atoms with Crippen LogP contribution in [0, 0.1) is 11.3 Å². The molecular formula is C20H21N3O3S. The number of nitrogens with one attached hydrogen (secondary N) is 1. The maximum absolute atomic E-state index is 12.3. The van der Waals surface area contributed by atoms with E-state index < -0.39 is 0 Å². The number of rotatable bonds is 6. The number of carbonyl (C=O) groups is 1. The molecule has 1 aromatic carbocycles. The number of thioether (sulfide) groups is 1. The van der Waals surface area contributed by atoms with E-state index in [9.17, 15) is 10.1 Å². The summed E-state index contributed by atoms with van der Waals surface area (Å²) >= 11 is 1.29. The number of anilines is 1. The van der Waals surface area contributed by atoms with E-state index in [1.54, 1.807) is 32.4 Å². The Hall–Kier alpha value is -2.72. The Kier molecular flexibility index (Phi) is 6.20. The molecule has 3 rings (SSSR count). The van der Waals surface area contributed by atoms with Crippen LogP contribution in [0.5, 0.6) is 11.5 Å². The van der Waals surface area contributed by atoms with Crippen LogP contribution in [-0.2, 0) is 17.6 Å². The highest BCUT2D eigenvalue weighted by molar-refractivity contribution is 8.00. The average molecular weight is 383 g/mol. The zero-order chi connectivity index (χ0) is 19.2. The van der Waals surface area contributed by atoms with Gasteiger partial charge >= 0.3 is 0 Å². The molecule has 140 valence electrons. The van der Waals surface area contributed by atoms with Crippen molar-refractivity contribution in [3.05, 3.63) is 41.1 Å². The fraction of sp³-hybridized carbons (Fsp3) is 0.350. The first kappa shape index (κ1) is 19.1. The number of nitriles is 1. The van der Waals surface area contributed by atoms with E-state index in [1.165, 1.54) is 11.8 Å². The van der Waals surface area contributed by atoms with Crippen molar-refractivity contribution in [2.45, 2.75) is 30.7 Å². The fourth-order valence-electron chi connectivity index (χ4n) is 3.05. The molecule has 6 nitrogen and oxygen atoms in total. The third kappa shape index (κ3) is 4.52. The first-order valence-corrected chi connectivity index (χ1v) is 9.70. The van der Waals surface area contributed by atoms with E-state index in [0.717, 1.165) is 36.9 Å². The lowest BCUT2D eigenvalue weighted by Crippen LogP contribution is -2.15. The molecule has 7 heteroatoms. The zero-order valence-electron chi connectivity index (χ0n) is 15.4. The minimum absolute atomic E-state index is 0.171. The van der Waals surface area contributed by atoms with Gasteiger partial charge in [-0.1, -0.05) is 11.8 Å². The summed E-state index contributed by atoms with van der Waals surface area (Å²) in [5.74, 6) is 1.15. The molecule has 0 aliphatic heterocycles. The summed E-state index contributed by atoms with van der Waals surface area (Å²) in [4.78, 5) is 17.0. The highest BCUT2D eigenvalue weighted by Crippen LogP contribution is 2.30. The van der Waals surface area contributed by atoms with Crippen molar-refractivity contribution in [1.29, 1.82) is 5.26 Å². The van der Waals surface area contributed by atoms with Crippen LogP contribution in [0.1, 0.15) is 29.7 Å². The number of amides is 1. The van der Waals surface area contributed by atoms with E-state index in [-0.39, 0.29) is 11.7 Å². The molecule has 0 spiro atoms. The fourth-order valence-corrected chi connectivity index (χ4v) is 3.82. The van der Waals surface area contributed by atoms with Gasteiger partial charge in [0, 0.05) is 17.4 Å². The van der Waals surface area contributed by atoms with Gasteiger partial charge in [0.15, 0.2) is 11.5 Å². The van der Waals surface area contributed by atoms with Crippen molar-refractivity contribution in [3.8, 4) is 17.6 Å². The highest BCUT2D eigenvalue weighted by Gasteiger charge is 2.16. The van der Waals surface area contributed by atoms with Gasteiger partial charge in [-0.25, -0.2) is 4.98 Å². The van der Waals surface area contributed by atoms with Crippen LogP contribution >= 0.6 is 11.8 Å². The molecule has 0 radical (unpaired) electrons. The smallest absolute Gasteiger partial charge is 0.234 e. The molecule has 1 aromatic heterocycles. The minimum Gasteiger partial charge on any atom is -0.493 e. The normalized spacial score (nSPS) is 12.6. The number of nitrogens with zero attached hydrogens (tertiary/aromatic N) is 2.